The van der Waals surface area contributed by atoms with Crippen molar-refractivity contribution in [2.75, 3.05) is 5.32 Å². The Hall–Kier alpha value is -2.68. The molecule has 0 radical (unpaired) electrons. The van der Waals surface area contributed by atoms with Gasteiger partial charge in [-0.15, -0.1) is 0 Å². The number of hydrogen-bond acceptors (Lipinski definition) is 2. The van der Waals surface area contributed by atoms with Crippen LogP contribution in [-0.4, -0.2) is 0 Å². The van der Waals surface area contributed by atoms with E-state index in [0.29, 0.717) is 18.2 Å². The molecule has 0 heterocycles. The zero-order valence-electron chi connectivity index (χ0n) is 15.2. The summed E-state index contributed by atoms with van der Waals surface area (Å²) in [6, 6.07) is 27.9. The zero-order valence-corrected chi connectivity index (χ0v) is 16.7. The van der Waals surface area contributed by atoms with Gasteiger partial charge in [0.25, 0.3) is 0 Å². The Morgan fingerprint density at radius 3 is 2.32 bits per heavy atom. The van der Waals surface area contributed by atoms with E-state index in [0.717, 1.165) is 27.6 Å². The Bertz CT molecular complexity index is 1090. The first-order valence-electron chi connectivity index (χ1n) is 9.07. The van der Waals surface area contributed by atoms with E-state index >= 15 is 0 Å². The highest BCUT2D eigenvalue weighted by Crippen LogP contribution is 2.30. The number of nitrogens with one attached hydrogen (secondary N) is 1. The molecule has 0 atom stereocenters. The van der Waals surface area contributed by atoms with Gasteiger partial charge in [-0.3, -0.25) is 0 Å². The first kappa shape index (κ1) is 18.7. The summed E-state index contributed by atoms with van der Waals surface area (Å²) in [6.45, 7) is 1.06. The molecule has 0 amide bonds. The Kier molecular flexibility index (Phi) is 5.70. The number of rotatable bonds is 6. The maximum absolute atomic E-state index is 6.28. The summed E-state index contributed by atoms with van der Waals surface area (Å²) in [6.07, 6.45) is 0. The van der Waals surface area contributed by atoms with E-state index in [-0.39, 0.29) is 0 Å². The van der Waals surface area contributed by atoms with Crippen molar-refractivity contribution in [2.24, 2.45) is 0 Å². The maximum Gasteiger partial charge on any atom is 0.125 e. The summed E-state index contributed by atoms with van der Waals surface area (Å²) in [5.41, 5.74) is 3.09. The molecule has 2 nitrogen and oxygen atoms in total. The lowest BCUT2D eigenvalue weighted by Gasteiger charge is -2.16. The summed E-state index contributed by atoms with van der Waals surface area (Å²) in [5.74, 6) is 0.847. The third-order valence-corrected chi connectivity index (χ3v) is 5.27. The van der Waals surface area contributed by atoms with Gasteiger partial charge in [0.15, 0.2) is 0 Å². The van der Waals surface area contributed by atoms with Gasteiger partial charge >= 0.3 is 0 Å². The molecule has 0 aromatic heterocycles. The van der Waals surface area contributed by atoms with Crippen molar-refractivity contribution in [2.45, 2.75) is 13.2 Å². The summed E-state index contributed by atoms with van der Waals surface area (Å²) >= 11 is 12.3. The molecule has 0 unspecified atom stereocenters. The van der Waals surface area contributed by atoms with E-state index in [4.69, 9.17) is 27.9 Å². The molecule has 140 valence electrons. The standard InChI is InChI=1S/C24H19Cl2NO/c25-19-10-12-20(13-11-19)27-15-22-21-7-3-1-5-17(21)9-14-24(22)28-16-18-6-2-4-8-23(18)26/h1-14,27H,15-16H2. The van der Waals surface area contributed by atoms with Crippen LogP contribution in [0.15, 0.2) is 84.9 Å². The molecule has 0 saturated carbocycles. The predicted molar refractivity (Wildman–Crippen MR) is 119 cm³/mol. The third-order valence-electron chi connectivity index (χ3n) is 4.65. The maximum atomic E-state index is 6.28. The molecule has 0 aliphatic carbocycles. The Balaban J connectivity index is 1.62. The second-order valence-corrected chi connectivity index (χ2v) is 7.35. The van der Waals surface area contributed by atoms with Crippen molar-refractivity contribution in [3.63, 3.8) is 0 Å². The van der Waals surface area contributed by atoms with Gasteiger partial charge in [0.1, 0.15) is 12.4 Å². The first-order chi connectivity index (χ1) is 13.7. The van der Waals surface area contributed by atoms with Crippen molar-refractivity contribution < 1.29 is 4.74 Å². The molecule has 0 bridgehead atoms. The van der Waals surface area contributed by atoms with Crippen LogP contribution in [0, 0.1) is 0 Å². The van der Waals surface area contributed by atoms with Crippen LogP contribution in [0.1, 0.15) is 11.1 Å². The van der Waals surface area contributed by atoms with Crippen LogP contribution in [0.4, 0.5) is 5.69 Å². The second kappa shape index (κ2) is 8.55. The molecule has 4 heteroatoms. The van der Waals surface area contributed by atoms with Crippen LogP contribution in [0.5, 0.6) is 5.75 Å². The fourth-order valence-corrected chi connectivity index (χ4v) is 3.48. The molecule has 0 saturated heterocycles. The van der Waals surface area contributed by atoms with Gasteiger partial charge in [-0.05, 0) is 47.2 Å². The average molecular weight is 408 g/mol. The minimum atomic E-state index is 0.423. The lowest BCUT2D eigenvalue weighted by Crippen LogP contribution is -2.05. The number of benzene rings is 4. The lowest BCUT2D eigenvalue weighted by molar-refractivity contribution is 0.304. The van der Waals surface area contributed by atoms with Gasteiger partial charge in [0, 0.05) is 33.4 Å². The smallest absolute Gasteiger partial charge is 0.125 e. The number of ether oxygens (including phenoxy) is 1. The van der Waals surface area contributed by atoms with Gasteiger partial charge in [0.2, 0.25) is 0 Å². The van der Waals surface area contributed by atoms with E-state index in [1.165, 1.54) is 10.8 Å². The van der Waals surface area contributed by atoms with Crippen molar-refractivity contribution in [3.8, 4) is 5.75 Å². The molecule has 0 spiro atoms. The van der Waals surface area contributed by atoms with Gasteiger partial charge in [-0.1, -0.05) is 71.7 Å². The topological polar surface area (TPSA) is 21.3 Å². The van der Waals surface area contributed by atoms with E-state index in [2.05, 4.69) is 23.5 Å². The Morgan fingerprint density at radius 2 is 1.50 bits per heavy atom. The summed E-state index contributed by atoms with van der Waals surface area (Å²) < 4.78 is 6.17. The number of fused-ring (bicyclic) bond motifs is 1. The number of hydrogen-bond donors (Lipinski definition) is 1. The van der Waals surface area contributed by atoms with Gasteiger partial charge < -0.3 is 10.1 Å². The quantitative estimate of drug-likeness (QED) is 0.360. The number of anilines is 1. The SMILES string of the molecule is Clc1ccc(NCc2c(OCc3ccccc3Cl)ccc3ccccc23)cc1. The van der Waals surface area contributed by atoms with Crippen LogP contribution >= 0.6 is 23.2 Å². The Labute approximate surface area is 174 Å². The van der Waals surface area contributed by atoms with Crippen LogP contribution < -0.4 is 10.1 Å². The molecule has 4 aromatic carbocycles. The minimum absolute atomic E-state index is 0.423. The predicted octanol–water partition coefficient (Wildman–Crippen LogP) is 7.34. The van der Waals surface area contributed by atoms with Gasteiger partial charge in [-0.25, -0.2) is 0 Å². The summed E-state index contributed by atoms with van der Waals surface area (Å²) in [7, 11) is 0. The van der Waals surface area contributed by atoms with Crippen molar-refractivity contribution >= 4 is 39.7 Å². The van der Waals surface area contributed by atoms with Crippen LogP contribution in [0.3, 0.4) is 0 Å². The largest absolute Gasteiger partial charge is 0.488 e. The third kappa shape index (κ3) is 4.24. The first-order valence-corrected chi connectivity index (χ1v) is 9.82. The molecule has 0 fully saturated rings. The monoisotopic (exact) mass is 407 g/mol. The molecular weight excluding hydrogens is 389 g/mol. The normalized spacial score (nSPS) is 10.8. The molecule has 4 aromatic rings. The van der Waals surface area contributed by atoms with Crippen LogP contribution in [0.25, 0.3) is 10.8 Å². The highest BCUT2D eigenvalue weighted by Gasteiger charge is 2.10. The summed E-state index contributed by atoms with van der Waals surface area (Å²) in [5, 5.41) is 7.25. The molecule has 1 N–H and O–H groups in total. The average Bonchev–Trinajstić information content (AvgIpc) is 2.73. The fraction of sp³-hybridized carbons (Fsp3) is 0.0833. The highest BCUT2D eigenvalue weighted by molar-refractivity contribution is 6.31. The lowest BCUT2D eigenvalue weighted by atomic mass is 10.0. The zero-order chi connectivity index (χ0) is 19.3. The van der Waals surface area contributed by atoms with E-state index < -0.39 is 0 Å². The second-order valence-electron chi connectivity index (χ2n) is 6.50. The minimum Gasteiger partial charge on any atom is -0.488 e. The van der Waals surface area contributed by atoms with Crippen LogP contribution in [-0.2, 0) is 13.2 Å². The molecule has 4 rings (SSSR count). The Morgan fingerprint density at radius 1 is 0.750 bits per heavy atom. The van der Waals surface area contributed by atoms with Crippen molar-refractivity contribution in [1.82, 2.24) is 0 Å². The van der Waals surface area contributed by atoms with Crippen molar-refractivity contribution in [3.05, 3.63) is 106 Å². The van der Waals surface area contributed by atoms with E-state index in [1.807, 2.05) is 66.7 Å². The van der Waals surface area contributed by atoms with Crippen molar-refractivity contribution in [1.29, 1.82) is 0 Å². The molecule has 28 heavy (non-hydrogen) atoms. The molecule has 0 aliphatic rings. The van der Waals surface area contributed by atoms with Gasteiger partial charge in [-0.2, -0.15) is 0 Å². The number of halogens is 2. The van der Waals surface area contributed by atoms with E-state index in [9.17, 15) is 0 Å². The van der Waals surface area contributed by atoms with E-state index in [1.54, 1.807) is 0 Å². The van der Waals surface area contributed by atoms with Gasteiger partial charge in [0.05, 0.1) is 0 Å². The summed E-state index contributed by atoms with van der Waals surface area (Å²) in [4.78, 5) is 0. The fourth-order valence-electron chi connectivity index (χ4n) is 3.16. The molecular formula is C24H19Cl2NO. The molecule has 0 aliphatic heterocycles. The van der Waals surface area contributed by atoms with Crippen LogP contribution in [0.2, 0.25) is 10.0 Å². The highest BCUT2D eigenvalue weighted by atomic mass is 35.5.